The highest BCUT2D eigenvalue weighted by atomic mass is 15.5. The molecule has 0 fully saturated rings. The minimum Gasteiger partial charge on any atom is -0.361 e. The Labute approximate surface area is 113 Å². The number of rotatable bonds is 1. The normalized spacial score (nSPS) is 10.9. The predicted octanol–water partition coefficient (Wildman–Crippen LogP) is 0.964. The van der Waals surface area contributed by atoms with Crippen molar-refractivity contribution >= 4 is 11.3 Å². The fourth-order valence-electron chi connectivity index (χ4n) is 2.18. The van der Waals surface area contributed by atoms with Gasteiger partial charge < -0.3 is 4.98 Å². The first-order valence-corrected chi connectivity index (χ1v) is 6.03. The summed E-state index contributed by atoms with van der Waals surface area (Å²) in [6, 6.07) is 9.55. The van der Waals surface area contributed by atoms with Crippen LogP contribution in [0.15, 0.2) is 49.1 Å². The molecule has 6 nitrogen and oxygen atoms in total. The molecule has 0 aliphatic carbocycles. The van der Waals surface area contributed by atoms with Crippen molar-refractivity contribution in [3.05, 3.63) is 54.6 Å². The van der Waals surface area contributed by atoms with Gasteiger partial charge in [-0.1, -0.05) is 16.8 Å². The smallest absolute Gasteiger partial charge is 0.211 e. The molecule has 1 aromatic carbocycles. The molecule has 94 valence electrons. The number of nitriles is 1. The van der Waals surface area contributed by atoms with Crippen LogP contribution in [0.4, 0.5) is 0 Å². The summed E-state index contributed by atoms with van der Waals surface area (Å²) >= 11 is 0. The molecule has 0 saturated heterocycles. The molecular formula is C14H8N6. The number of hydrogen-bond acceptors (Lipinski definition) is 3. The van der Waals surface area contributed by atoms with Crippen LogP contribution in [0.1, 0.15) is 5.56 Å². The van der Waals surface area contributed by atoms with Crippen molar-refractivity contribution in [2.24, 2.45) is 0 Å². The molecule has 0 aliphatic heterocycles. The average Bonchev–Trinajstić information content (AvgIpc) is 3.05. The Bertz CT molecular complexity index is 955. The van der Waals surface area contributed by atoms with E-state index in [2.05, 4.69) is 21.1 Å². The van der Waals surface area contributed by atoms with Gasteiger partial charge in [0.2, 0.25) is 6.20 Å². The van der Waals surface area contributed by atoms with Crippen molar-refractivity contribution < 1.29 is 4.63 Å². The molecule has 3 heterocycles. The van der Waals surface area contributed by atoms with Gasteiger partial charge in [-0.3, -0.25) is 0 Å². The molecule has 0 aliphatic rings. The second-order valence-electron chi connectivity index (χ2n) is 4.37. The number of nitrogens with zero attached hydrogens (tertiary/aromatic N) is 6. The van der Waals surface area contributed by atoms with Crippen LogP contribution in [0.3, 0.4) is 0 Å². The maximum Gasteiger partial charge on any atom is 0.211 e. The standard InChI is InChI=1S/C14H8N6/c15-7-10-1-3-11(4-2-10)12-8-19-14-13(16-5-6-17-14)18-20(19)9-12/h1-6,8-9H. The third kappa shape index (κ3) is 1.47. The van der Waals surface area contributed by atoms with Gasteiger partial charge >= 0.3 is 0 Å². The summed E-state index contributed by atoms with van der Waals surface area (Å²) in [6.45, 7) is 0. The predicted molar refractivity (Wildman–Crippen MR) is 69.6 cm³/mol. The highest BCUT2D eigenvalue weighted by Crippen LogP contribution is 2.18. The maximum absolute atomic E-state index is 8.82. The third-order valence-corrected chi connectivity index (χ3v) is 3.16. The molecule has 0 atom stereocenters. The summed E-state index contributed by atoms with van der Waals surface area (Å²) in [5, 5.41) is 13.2. The topological polar surface area (TPSA) is 72.2 Å². The van der Waals surface area contributed by atoms with E-state index in [4.69, 9.17) is 5.26 Å². The third-order valence-electron chi connectivity index (χ3n) is 3.16. The lowest BCUT2D eigenvalue weighted by Gasteiger charge is -1.95. The van der Waals surface area contributed by atoms with Gasteiger partial charge in [0.25, 0.3) is 0 Å². The van der Waals surface area contributed by atoms with Gasteiger partial charge in [0.05, 0.1) is 17.2 Å². The molecule has 20 heavy (non-hydrogen) atoms. The van der Waals surface area contributed by atoms with E-state index in [0.717, 1.165) is 11.1 Å². The molecule has 0 amide bonds. The molecular weight excluding hydrogens is 252 g/mol. The van der Waals surface area contributed by atoms with Crippen LogP contribution in [-0.2, 0) is 0 Å². The lowest BCUT2D eigenvalue weighted by Crippen LogP contribution is -2.28. The maximum atomic E-state index is 8.82. The zero-order valence-corrected chi connectivity index (χ0v) is 10.3. The summed E-state index contributed by atoms with van der Waals surface area (Å²) in [7, 11) is 0. The lowest BCUT2D eigenvalue weighted by molar-refractivity contribution is -0.674. The minimum absolute atomic E-state index is 0.610. The molecule has 0 bridgehead atoms. The summed E-state index contributed by atoms with van der Waals surface area (Å²) in [5.74, 6) is 0. The molecule has 0 N–H and O–H groups in total. The van der Waals surface area contributed by atoms with E-state index < -0.39 is 0 Å². The van der Waals surface area contributed by atoms with Gasteiger partial charge in [-0.25, -0.2) is 4.98 Å². The van der Waals surface area contributed by atoms with E-state index in [1.54, 1.807) is 29.2 Å². The Kier molecular flexibility index (Phi) is 2.08. The highest BCUT2D eigenvalue weighted by molar-refractivity contribution is 5.66. The van der Waals surface area contributed by atoms with Crippen molar-refractivity contribution in [2.45, 2.75) is 0 Å². The van der Waals surface area contributed by atoms with Crippen molar-refractivity contribution in [2.75, 3.05) is 0 Å². The lowest BCUT2D eigenvalue weighted by atomic mass is 10.1. The molecule has 4 rings (SSSR count). The Balaban J connectivity index is 1.90. The van der Waals surface area contributed by atoms with Crippen molar-refractivity contribution in [3.8, 4) is 17.2 Å². The highest BCUT2D eigenvalue weighted by Gasteiger charge is 2.10. The zero-order chi connectivity index (χ0) is 13.5. The largest absolute Gasteiger partial charge is 0.361 e. The van der Waals surface area contributed by atoms with Crippen LogP contribution in [0.5, 0.6) is 0 Å². The number of aromatic nitrogens is 5. The van der Waals surface area contributed by atoms with Crippen molar-refractivity contribution in [1.29, 1.82) is 5.26 Å². The molecule has 0 spiro atoms. The molecule has 0 unspecified atom stereocenters. The Morgan fingerprint density at radius 3 is 2.70 bits per heavy atom. The van der Waals surface area contributed by atoms with E-state index in [9.17, 15) is 0 Å². The van der Waals surface area contributed by atoms with Gasteiger partial charge in [-0.05, 0) is 23.9 Å². The fourth-order valence-corrected chi connectivity index (χ4v) is 2.18. The van der Waals surface area contributed by atoms with E-state index in [0.29, 0.717) is 16.9 Å². The first-order valence-electron chi connectivity index (χ1n) is 6.03. The zero-order valence-electron chi connectivity index (χ0n) is 10.3. The summed E-state index contributed by atoms with van der Waals surface area (Å²) in [6.07, 6.45) is 7.12. The van der Waals surface area contributed by atoms with Crippen LogP contribution >= 0.6 is 0 Å². The van der Waals surface area contributed by atoms with E-state index in [-0.39, 0.29) is 0 Å². The number of fused-ring (bicyclic) bond motifs is 3. The molecule has 3 aromatic heterocycles. The van der Waals surface area contributed by atoms with Crippen LogP contribution in [0, 0.1) is 11.3 Å². The summed E-state index contributed by atoms with van der Waals surface area (Å²) in [5.41, 5.74) is 4.01. The molecule has 6 heteroatoms. The van der Waals surface area contributed by atoms with Gasteiger partial charge in [-0.2, -0.15) is 9.78 Å². The van der Waals surface area contributed by atoms with Crippen LogP contribution in [-0.4, -0.2) is 14.5 Å². The first-order chi connectivity index (χ1) is 9.85. The average molecular weight is 260 g/mol. The Morgan fingerprint density at radius 2 is 1.90 bits per heavy atom. The molecule has 0 radical (unpaired) electrons. The van der Waals surface area contributed by atoms with Crippen LogP contribution < -0.4 is 9.73 Å². The SMILES string of the molecule is N#Cc1ccc(-c2cn3c4nccnc4[n-][n+]3c2)cc1. The van der Waals surface area contributed by atoms with Crippen molar-refractivity contribution in [3.63, 3.8) is 0 Å². The van der Waals surface area contributed by atoms with Gasteiger partial charge in [0.15, 0.2) is 5.65 Å². The van der Waals surface area contributed by atoms with Crippen LogP contribution in [0.2, 0.25) is 0 Å². The monoisotopic (exact) mass is 260 g/mol. The number of benzene rings is 1. The molecule has 0 saturated carbocycles. The summed E-state index contributed by atoms with van der Waals surface area (Å²) < 4.78 is 3.55. The molecule has 4 aromatic rings. The van der Waals surface area contributed by atoms with E-state index in [1.165, 1.54) is 0 Å². The first kappa shape index (κ1) is 10.7. The Morgan fingerprint density at radius 1 is 1.10 bits per heavy atom. The quantitative estimate of drug-likeness (QED) is 0.478. The Hall–Kier alpha value is -3.20. The van der Waals surface area contributed by atoms with Gasteiger partial charge in [-0.15, -0.1) is 5.10 Å². The fraction of sp³-hybridized carbons (Fsp3) is 0. The van der Waals surface area contributed by atoms with Gasteiger partial charge in [0.1, 0.15) is 5.65 Å². The van der Waals surface area contributed by atoms with Crippen molar-refractivity contribution in [1.82, 2.24) is 19.6 Å². The second-order valence-corrected chi connectivity index (χ2v) is 4.37. The second kappa shape index (κ2) is 3.90. The minimum atomic E-state index is 0.610. The van der Waals surface area contributed by atoms with Crippen LogP contribution in [0.25, 0.3) is 22.4 Å². The summed E-state index contributed by atoms with van der Waals surface area (Å²) in [4.78, 5) is 8.44. The van der Waals surface area contributed by atoms with Gasteiger partial charge in [0, 0.05) is 12.4 Å². The van der Waals surface area contributed by atoms with E-state index >= 15 is 0 Å². The number of hydrogen-bond donors (Lipinski definition) is 0. The van der Waals surface area contributed by atoms with E-state index in [1.807, 2.05) is 29.0 Å².